The number of rotatable bonds is 4. The van der Waals surface area contributed by atoms with E-state index in [1.54, 1.807) is 0 Å². The van der Waals surface area contributed by atoms with Crippen molar-refractivity contribution >= 4 is 28.8 Å². The van der Waals surface area contributed by atoms with Crippen LogP contribution in [0.5, 0.6) is 0 Å². The summed E-state index contributed by atoms with van der Waals surface area (Å²) in [4.78, 5) is 4.88. The molecule has 0 radical (unpaired) electrons. The van der Waals surface area contributed by atoms with E-state index in [4.69, 9.17) is 9.73 Å². The van der Waals surface area contributed by atoms with Crippen molar-refractivity contribution < 1.29 is 0 Å². The third kappa shape index (κ3) is 3.36. The summed E-state index contributed by atoms with van der Waals surface area (Å²) in [6.07, 6.45) is 0. The predicted molar refractivity (Wildman–Crippen MR) is 128 cm³/mol. The van der Waals surface area contributed by atoms with E-state index in [1.807, 2.05) is 24.3 Å². The first-order valence-corrected chi connectivity index (χ1v) is 11.8. The van der Waals surface area contributed by atoms with Crippen molar-refractivity contribution in [3.63, 3.8) is 0 Å². The molecule has 0 saturated carbocycles. The Kier molecular flexibility index (Phi) is 5.01. The average Bonchev–Trinajstić information content (AvgIpc) is 3.07. The molecule has 0 fully saturated rings. The molecule has 0 atom stereocenters. The Hall–Kier alpha value is -3.48. The number of benzene rings is 3. The fraction of sp³-hybridized carbons (Fsp3) is 0. The van der Waals surface area contributed by atoms with Crippen LogP contribution < -0.4 is 15.9 Å². The van der Waals surface area contributed by atoms with Gasteiger partial charge >= 0.3 is 0 Å². The van der Waals surface area contributed by atoms with Crippen molar-refractivity contribution in [2.75, 3.05) is 0 Å². The van der Waals surface area contributed by atoms with E-state index in [-0.39, 0.29) is 0 Å². The predicted octanol–water partition coefficient (Wildman–Crippen LogP) is 6.00. The van der Waals surface area contributed by atoms with Crippen LogP contribution in [0, 0.1) is 0 Å². The maximum absolute atomic E-state index is 5.46. The van der Waals surface area contributed by atoms with Crippen molar-refractivity contribution in [3.05, 3.63) is 127 Å². The number of hydrogen-bond donors (Lipinski definition) is 0. The van der Waals surface area contributed by atoms with Gasteiger partial charge in [-0.3, -0.25) is 0 Å². The second-order valence-corrected chi connectivity index (χ2v) is 10.1. The maximum Gasteiger partial charge on any atom is 0.152 e. The smallest absolute Gasteiger partial charge is 0.152 e. The molecule has 30 heavy (non-hydrogen) atoms. The summed E-state index contributed by atoms with van der Waals surface area (Å²) in [7, 11) is -2.29. The van der Waals surface area contributed by atoms with E-state index in [1.165, 1.54) is 15.9 Å². The van der Waals surface area contributed by atoms with E-state index >= 15 is 0 Å². The van der Waals surface area contributed by atoms with Gasteiger partial charge in [-0.25, -0.2) is 9.73 Å². The molecule has 5 rings (SSSR count). The monoisotopic (exact) mass is 404 g/mol. The van der Waals surface area contributed by atoms with Crippen LogP contribution in [0.2, 0.25) is 0 Å². The van der Waals surface area contributed by atoms with E-state index in [9.17, 15) is 0 Å². The lowest BCUT2D eigenvalue weighted by Crippen LogP contribution is -2.25. The minimum atomic E-state index is -2.29. The van der Waals surface area contributed by atoms with Crippen LogP contribution in [0.3, 0.4) is 0 Å². The van der Waals surface area contributed by atoms with Gasteiger partial charge < -0.3 is 0 Å². The Morgan fingerprint density at radius 1 is 0.500 bits per heavy atom. The number of fused-ring (bicyclic) bond motifs is 1. The standard InChI is InChI=1S/C27H21N2P/c1-5-13-22-21-27(28-26(22)20-12-1)29-30(23-14-6-2-7-15-23,24-16-8-3-9-17-24)25-18-10-4-11-19-25/h1-21H. The first-order chi connectivity index (χ1) is 14.9. The van der Waals surface area contributed by atoms with Gasteiger partial charge in [0, 0.05) is 21.5 Å². The van der Waals surface area contributed by atoms with Gasteiger partial charge in [-0.2, -0.15) is 0 Å². The summed E-state index contributed by atoms with van der Waals surface area (Å²) in [5, 5.41) is 3.67. The molecule has 0 N–H and O–H groups in total. The van der Waals surface area contributed by atoms with Crippen molar-refractivity contribution in [1.82, 2.24) is 4.98 Å². The Bertz CT molecular complexity index is 1150. The Morgan fingerprint density at radius 3 is 1.43 bits per heavy atom. The molecule has 0 aromatic heterocycles. The lowest BCUT2D eigenvalue weighted by molar-refractivity contribution is 1.36. The van der Waals surface area contributed by atoms with Gasteiger partial charge in [-0.1, -0.05) is 115 Å². The molecular formula is C27H21N2P. The molecule has 2 aliphatic rings. The van der Waals surface area contributed by atoms with Gasteiger partial charge in [0.2, 0.25) is 0 Å². The lowest BCUT2D eigenvalue weighted by Gasteiger charge is -2.26. The molecule has 1 heterocycles. The Balaban J connectivity index is 1.88. The van der Waals surface area contributed by atoms with Crippen molar-refractivity contribution in [3.8, 4) is 11.3 Å². The van der Waals surface area contributed by atoms with Gasteiger partial charge in [-0.05, 0) is 12.1 Å². The molecule has 3 aromatic rings. The van der Waals surface area contributed by atoms with Crippen LogP contribution in [-0.4, -0.2) is 4.98 Å². The van der Waals surface area contributed by atoms with E-state index in [0.717, 1.165) is 17.1 Å². The molecule has 0 amide bonds. The summed E-state index contributed by atoms with van der Waals surface area (Å²) < 4.78 is 5.46. The summed E-state index contributed by atoms with van der Waals surface area (Å²) in [5.74, 6) is 0.779. The molecule has 0 saturated heterocycles. The highest BCUT2D eigenvalue weighted by atomic mass is 31.2. The van der Waals surface area contributed by atoms with Crippen molar-refractivity contribution in [2.45, 2.75) is 0 Å². The molecule has 2 nitrogen and oxygen atoms in total. The molecule has 0 unspecified atom stereocenters. The minimum absolute atomic E-state index is 0.779. The first-order valence-electron chi connectivity index (χ1n) is 10.0. The molecule has 1 aliphatic heterocycles. The third-order valence-electron chi connectivity index (χ3n) is 5.21. The van der Waals surface area contributed by atoms with Crippen LogP contribution in [0.4, 0.5) is 5.82 Å². The molecule has 3 heteroatoms. The molecule has 1 aliphatic carbocycles. The van der Waals surface area contributed by atoms with Gasteiger partial charge in [0.15, 0.2) is 5.82 Å². The quantitative estimate of drug-likeness (QED) is 0.338. The largest absolute Gasteiger partial charge is 0.234 e. The zero-order valence-corrected chi connectivity index (χ0v) is 17.4. The van der Waals surface area contributed by atoms with E-state index in [2.05, 4.69) is 103 Å². The zero-order valence-electron chi connectivity index (χ0n) is 16.5. The summed E-state index contributed by atoms with van der Waals surface area (Å²) in [5.41, 5.74) is 2.07. The van der Waals surface area contributed by atoms with Crippen LogP contribution in [0.1, 0.15) is 0 Å². The fourth-order valence-electron chi connectivity index (χ4n) is 3.83. The van der Waals surface area contributed by atoms with Crippen LogP contribution in [0.15, 0.2) is 132 Å². The van der Waals surface area contributed by atoms with Crippen molar-refractivity contribution in [2.24, 2.45) is 4.74 Å². The highest BCUT2D eigenvalue weighted by Crippen LogP contribution is 2.49. The maximum atomic E-state index is 5.46. The zero-order chi connectivity index (χ0) is 20.2. The normalized spacial score (nSPS) is 11.3. The highest BCUT2D eigenvalue weighted by molar-refractivity contribution is 7.87. The average molecular weight is 404 g/mol. The SMILES string of the molecule is c1ccc(P(=Nc2cc3cccccc-3n2)(c2ccccc2)c2ccccc2)cc1. The van der Waals surface area contributed by atoms with Crippen molar-refractivity contribution in [1.29, 1.82) is 0 Å². The molecule has 0 spiro atoms. The van der Waals surface area contributed by atoms with Gasteiger partial charge in [-0.15, -0.1) is 0 Å². The van der Waals surface area contributed by atoms with E-state index < -0.39 is 7.05 Å². The molecule has 144 valence electrons. The summed E-state index contributed by atoms with van der Waals surface area (Å²) in [6.45, 7) is 0. The molecule has 3 aromatic carbocycles. The Labute approximate surface area is 177 Å². The fourth-order valence-corrected chi connectivity index (χ4v) is 7.29. The van der Waals surface area contributed by atoms with Crippen LogP contribution in [0.25, 0.3) is 11.3 Å². The topological polar surface area (TPSA) is 25.2 Å². The summed E-state index contributed by atoms with van der Waals surface area (Å²) >= 11 is 0. The second-order valence-electron chi connectivity index (χ2n) is 7.11. The van der Waals surface area contributed by atoms with E-state index in [0.29, 0.717) is 0 Å². The minimum Gasteiger partial charge on any atom is -0.234 e. The number of aromatic nitrogens is 1. The first kappa shape index (κ1) is 18.5. The molecule has 0 bridgehead atoms. The second kappa shape index (κ2) is 8.10. The molecular weight excluding hydrogens is 383 g/mol. The lowest BCUT2D eigenvalue weighted by atomic mass is 10.2. The number of nitrogens with zero attached hydrogens (tertiary/aromatic N) is 2. The summed E-state index contributed by atoms with van der Waals surface area (Å²) in [6, 6.07) is 44.2. The van der Waals surface area contributed by atoms with Crippen LogP contribution >= 0.6 is 7.05 Å². The third-order valence-corrected chi connectivity index (χ3v) is 8.85. The van der Waals surface area contributed by atoms with Gasteiger partial charge in [0.05, 0.1) is 12.7 Å². The van der Waals surface area contributed by atoms with Crippen LogP contribution in [-0.2, 0) is 0 Å². The highest BCUT2D eigenvalue weighted by Gasteiger charge is 2.28. The number of hydrogen-bond acceptors (Lipinski definition) is 2. The van der Waals surface area contributed by atoms with Gasteiger partial charge in [0.25, 0.3) is 0 Å². The Morgan fingerprint density at radius 2 is 0.933 bits per heavy atom. The van der Waals surface area contributed by atoms with Gasteiger partial charge in [0.1, 0.15) is 0 Å².